The van der Waals surface area contributed by atoms with Gasteiger partial charge in [-0.05, 0) is 30.4 Å². The van der Waals surface area contributed by atoms with E-state index in [4.69, 9.17) is 16.9 Å². The average Bonchev–Trinajstić information content (AvgIpc) is 2.64. The number of nitrogens with zero attached hydrogens (tertiary/aromatic N) is 1. The van der Waals surface area contributed by atoms with Gasteiger partial charge in [-0.3, -0.25) is 4.79 Å². The lowest BCUT2D eigenvalue weighted by atomic mass is 10.2. The molecule has 0 N–H and O–H groups in total. The fraction of sp³-hybridized carbons (Fsp3) is 0.429. The Morgan fingerprint density at radius 1 is 1.70 bits per heavy atom. The molecular weight excluding hydrogens is 150 g/mol. The lowest BCUT2D eigenvalue weighted by molar-refractivity contribution is -0.108. The van der Waals surface area contributed by atoms with Gasteiger partial charge in [-0.2, -0.15) is 5.26 Å². The first-order valence-electron chi connectivity index (χ1n) is 3.06. The Kier molecular flexibility index (Phi) is 2.08. The summed E-state index contributed by atoms with van der Waals surface area (Å²) in [5.74, 6) is 0.428. The second kappa shape index (κ2) is 2.85. The largest absolute Gasteiger partial charge is 0.275 e. The molecule has 1 aliphatic carbocycles. The molecule has 0 heterocycles. The van der Waals surface area contributed by atoms with Crippen LogP contribution in [0.3, 0.4) is 0 Å². The lowest BCUT2D eigenvalue weighted by Gasteiger charge is -1.84. The van der Waals surface area contributed by atoms with Crippen LogP contribution >= 0.6 is 11.6 Å². The summed E-state index contributed by atoms with van der Waals surface area (Å²) in [5, 5.41) is 7.71. The Hall–Kier alpha value is -0.810. The minimum Gasteiger partial charge on any atom is -0.275 e. The van der Waals surface area contributed by atoms with Crippen LogP contribution < -0.4 is 0 Å². The summed E-state index contributed by atoms with van der Waals surface area (Å²) < 4.78 is 0. The molecule has 1 rings (SSSR count). The SMILES string of the molecule is N#CC(=CC1CC1)C(=O)Cl. The van der Waals surface area contributed by atoms with Gasteiger partial charge in [0.2, 0.25) is 0 Å². The highest BCUT2D eigenvalue weighted by molar-refractivity contribution is 6.68. The van der Waals surface area contributed by atoms with E-state index in [9.17, 15) is 4.79 Å². The van der Waals surface area contributed by atoms with Crippen molar-refractivity contribution in [3.05, 3.63) is 11.6 Å². The normalized spacial score (nSPS) is 18.2. The van der Waals surface area contributed by atoms with E-state index in [-0.39, 0.29) is 5.57 Å². The summed E-state index contributed by atoms with van der Waals surface area (Å²) in [5.41, 5.74) is 0.0872. The van der Waals surface area contributed by atoms with Crippen LogP contribution in [0.4, 0.5) is 0 Å². The second-order valence-corrected chi connectivity index (χ2v) is 2.65. The molecular formula is C7H6ClNO. The summed E-state index contributed by atoms with van der Waals surface area (Å²) >= 11 is 5.09. The molecule has 0 aromatic carbocycles. The van der Waals surface area contributed by atoms with Crippen molar-refractivity contribution in [3.63, 3.8) is 0 Å². The zero-order valence-electron chi connectivity index (χ0n) is 5.30. The maximum atomic E-state index is 10.4. The molecule has 0 aromatic heterocycles. The third-order valence-corrected chi connectivity index (χ3v) is 1.56. The summed E-state index contributed by atoms with van der Waals surface area (Å²) in [4.78, 5) is 10.4. The number of allylic oxidation sites excluding steroid dienone is 2. The van der Waals surface area contributed by atoms with Gasteiger partial charge in [0.25, 0.3) is 5.24 Å². The molecule has 0 spiro atoms. The molecule has 2 nitrogen and oxygen atoms in total. The first-order valence-corrected chi connectivity index (χ1v) is 3.43. The number of hydrogen-bond acceptors (Lipinski definition) is 2. The number of rotatable bonds is 2. The van der Waals surface area contributed by atoms with Gasteiger partial charge in [-0.25, -0.2) is 0 Å². The number of halogens is 1. The molecule has 0 aromatic rings. The van der Waals surface area contributed by atoms with E-state index in [1.165, 1.54) is 0 Å². The molecule has 1 saturated carbocycles. The summed E-state index contributed by atoms with van der Waals surface area (Å²) in [6, 6.07) is 1.75. The molecule has 0 atom stereocenters. The zero-order valence-corrected chi connectivity index (χ0v) is 6.06. The minimum absolute atomic E-state index is 0.0872. The predicted molar refractivity (Wildman–Crippen MR) is 37.3 cm³/mol. The predicted octanol–water partition coefficient (Wildman–Crippen LogP) is 1.61. The maximum absolute atomic E-state index is 10.4. The Bertz CT molecular complexity index is 222. The van der Waals surface area contributed by atoms with Gasteiger partial charge in [0, 0.05) is 0 Å². The molecule has 0 saturated heterocycles. The van der Waals surface area contributed by atoms with E-state index in [1.54, 1.807) is 12.1 Å². The third-order valence-electron chi connectivity index (χ3n) is 1.36. The fourth-order valence-corrected chi connectivity index (χ4v) is 0.751. The molecule has 0 aliphatic heterocycles. The van der Waals surface area contributed by atoms with Crippen molar-refractivity contribution in [2.75, 3.05) is 0 Å². The first kappa shape index (κ1) is 7.30. The van der Waals surface area contributed by atoms with E-state index in [2.05, 4.69) is 0 Å². The van der Waals surface area contributed by atoms with Crippen LogP contribution in [-0.2, 0) is 4.79 Å². The maximum Gasteiger partial charge on any atom is 0.262 e. The topological polar surface area (TPSA) is 40.9 Å². The summed E-state index contributed by atoms with van der Waals surface area (Å²) in [6.45, 7) is 0. The van der Waals surface area contributed by atoms with Crippen LogP contribution in [0, 0.1) is 17.2 Å². The second-order valence-electron chi connectivity index (χ2n) is 2.30. The van der Waals surface area contributed by atoms with Gasteiger partial charge in [0.1, 0.15) is 11.6 Å². The van der Waals surface area contributed by atoms with Crippen molar-refractivity contribution in [1.29, 1.82) is 5.26 Å². The quantitative estimate of drug-likeness (QED) is 0.345. The standard InChI is InChI=1S/C7H6ClNO/c8-7(10)6(4-9)3-5-1-2-5/h3,5H,1-2H2. The lowest BCUT2D eigenvalue weighted by Crippen LogP contribution is -1.89. The van der Waals surface area contributed by atoms with Crippen molar-refractivity contribution in [2.45, 2.75) is 12.8 Å². The first-order chi connectivity index (χ1) is 4.74. The fourth-order valence-electron chi connectivity index (χ4n) is 0.645. The van der Waals surface area contributed by atoms with Gasteiger partial charge in [0.05, 0.1) is 0 Å². The van der Waals surface area contributed by atoms with Gasteiger partial charge >= 0.3 is 0 Å². The highest BCUT2D eigenvalue weighted by atomic mass is 35.5. The molecule has 0 bridgehead atoms. The van der Waals surface area contributed by atoms with Crippen molar-refractivity contribution in [3.8, 4) is 6.07 Å². The Morgan fingerprint density at radius 2 is 2.30 bits per heavy atom. The van der Waals surface area contributed by atoms with Gasteiger partial charge in [-0.15, -0.1) is 0 Å². The van der Waals surface area contributed by atoms with E-state index >= 15 is 0 Å². The van der Waals surface area contributed by atoms with Crippen molar-refractivity contribution in [2.24, 2.45) is 5.92 Å². The zero-order chi connectivity index (χ0) is 7.56. The van der Waals surface area contributed by atoms with Crippen LogP contribution in [0.2, 0.25) is 0 Å². The molecule has 3 heteroatoms. The number of hydrogen-bond donors (Lipinski definition) is 0. The van der Waals surface area contributed by atoms with Gasteiger partial charge in [0.15, 0.2) is 0 Å². The summed E-state index contributed by atoms with van der Waals surface area (Å²) in [7, 11) is 0. The molecule has 0 unspecified atom stereocenters. The highest BCUT2D eigenvalue weighted by Gasteiger charge is 2.20. The Balaban J connectivity index is 2.64. The Morgan fingerprint density at radius 3 is 2.60 bits per heavy atom. The summed E-state index contributed by atoms with van der Waals surface area (Å²) in [6.07, 6.45) is 3.81. The van der Waals surface area contributed by atoms with Crippen molar-refractivity contribution >= 4 is 16.8 Å². The van der Waals surface area contributed by atoms with Crippen LogP contribution in [0.15, 0.2) is 11.6 Å². The minimum atomic E-state index is -0.644. The van der Waals surface area contributed by atoms with Crippen LogP contribution in [0.25, 0.3) is 0 Å². The van der Waals surface area contributed by atoms with E-state index in [0.717, 1.165) is 12.8 Å². The average molecular weight is 156 g/mol. The molecule has 10 heavy (non-hydrogen) atoms. The molecule has 52 valence electrons. The number of carbonyl (C=O) groups excluding carboxylic acids is 1. The van der Waals surface area contributed by atoms with Gasteiger partial charge in [-0.1, -0.05) is 6.08 Å². The monoisotopic (exact) mass is 155 g/mol. The smallest absolute Gasteiger partial charge is 0.262 e. The van der Waals surface area contributed by atoms with E-state index in [0.29, 0.717) is 5.92 Å². The van der Waals surface area contributed by atoms with E-state index < -0.39 is 5.24 Å². The molecule has 0 amide bonds. The number of carbonyl (C=O) groups is 1. The Labute approximate surface area is 64.1 Å². The van der Waals surface area contributed by atoms with Crippen molar-refractivity contribution < 1.29 is 4.79 Å². The highest BCUT2D eigenvalue weighted by Crippen LogP contribution is 2.31. The van der Waals surface area contributed by atoms with Crippen LogP contribution in [-0.4, -0.2) is 5.24 Å². The van der Waals surface area contributed by atoms with Crippen molar-refractivity contribution in [1.82, 2.24) is 0 Å². The third kappa shape index (κ3) is 1.85. The molecule has 0 radical (unpaired) electrons. The molecule has 1 aliphatic rings. The molecule has 1 fully saturated rings. The van der Waals surface area contributed by atoms with Crippen LogP contribution in [0.5, 0.6) is 0 Å². The van der Waals surface area contributed by atoms with Crippen LogP contribution in [0.1, 0.15) is 12.8 Å². The number of nitriles is 1. The van der Waals surface area contributed by atoms with E-state index in [1.807, 2.05) is 0 Å². The van der Waals surface area contributed by atoms with Gasteiger partial charge < -0.3 is 0 Å².